The molecular weight excluding hydrogens is 232 g/mol. The summed E-state index contributed by atoms with van der Waals surface area (Å²) in [4.78, 5) is 11.3. The molecule has 0 saturated heterocycles. The molecule has 0 saturated carbocycles. The predicted octanol–water partition coefficient (Wildman–Crippen LogP) is 1.76. The smallest absolute Gasteiger partial charge is 0.314 e. The van der Waals surface area contributed by atoms with Crippen LogP contribution in [-0.4, -0.2) is 36.0 Å². The van der Waals surface area contributed by atoms with Gasteiger partial charge >= 0.3 is 5.97 Å². The second-order valence-corrected chi connectivity index (χ2v) is 4.35. The molecule has 2 atom stereocenters. The zero-order valence-corrected chi connectivity index (χ0v) is 10.6. The summed E-state index contributed by atoms with van der Waals surface area (Å²) >= 11 is 0. The Morgan fingerprint density at radius 1 is 1.39 bits per heavy atom. The second-order valence-electron chi connectivity index (χ2n) is 4.35. The molecule has 0 fully saturated rings. The molecule has 18 heavy (non-hydrogen) atoms. The quantitative estimate of drug-likeness (QED) is 0.885. The Balaban J connectivity index is 2.33. The molecule has 0 radical (unpaired) electrons. The lowest BCUT2D eigenvalue weighted by Gasteiger charge is -2.23. The van der Waals surface area contributed by atoms with E-state index in [0.717, 1.165) is 11.3 Å². The van der Waals surface area contributed by atoms with Crippen LogP contribution in [0.15, 0.2) is 29.4 Å². The highest BCUT2D eigenvalue weighted by molar-refractivity contribution is 6.02. The lowest BCUT2D eigenvalue weighted by Crippen LogP contribution is -2.28. The fraction of sp³-hybridized carbons (Fsp3) is 0.385. The van der Waals surface area contributed by atoms with Crippen molar-refractivity contribution in [1.82, 2.24) is 5.01 Å². The van der Waals surface area contributed by atoms with E-state index in [-0.39, 0.29) is 6.04 Å². The molecule has 0 aromatic heterocycles. The van der Waals surface area contributed by atoms with Gasteiger partial charge in [0.05, 0.1) is 18.9 Å². The number of benzene rings is 1. The lowest BCUT2D eigenvalue weighted by atomic mass is 9.91. The Morgan fingerprint density at radius 3 is 2.50 bits per heavy atom. The average molecular weight is 248 g/mol. The number of ether oxygens (including phenoxy) is 1. The van der Waals surface area contributed by atoms with Crippen molar-refractivity contribution in [1.29, 1.82) is 0 Å². The molecule has 1 aliphatic rings. The monoisotopic (exact) mass is 248 g/mol. The molecule has 0 aliphatic carbocycles. The molecule has 1 aromatic rings. The topological polar surface area (TPSA) is 62.1 Å². The fourth-order valence-electron chi connectivity index (χ4n) is 2.34. The number of rotatable bonds is 3. The largest absolute Gasteiger partial charge is 0.497 e. The number of hydrazone groups is 1. The molecule has 96 valence electrons. The highest BCUT2D eigenvalue weighted by Crippen LogP contribution is 2.35. The highest BCUT2D eigenvalue weighted by Gasteiger charge is 2.39. The molecule has 0 bridgehead atoms. The Morgan fingerprint density at radius 2 is 2.00 bits per heavy atom. The number of aliphatic carboxylic acids is 1. The molecule has 1 aliphatic heterocycles. The summed E-state index contributed by atoms with van der Waals surface area (Å²) in [7, 11) is 3.39. The highest BCUT2D eigenvalue weighted by atomic mass is 16.5. The van der Waals surface area contributed by atoms with Gasteiger partial charge in [-0.05, 0) is 24.6 Å². The Labute approximate surface area is 106 Å². The summed E-state index contributed by atoms with van der Waals surface area (Å²) < 4.78 is 5.10. The molecule has 2 rings (SSSR count). The number of hydrogen-bond acceptors (Lipinski definition) is 4. The van der Waals surface area contributed by atoms with E-state index in [1.54, 1.807) is 26.1 Å². The molecule has 1 N–H and O–H groups in total. The van der Waals surface area contributed by atoms with Gasteiger partial charge < -0.3 is 9.84 Å². The van der Waals surface area contributed by atoms with Gasteiger partial charge in [0.15, 0.2) is 0 Å². The molecule has 5 heteroatoms. The first-order valence-electron chi connectivity index (χ1n) is 5.69. The van der Waals surface area contributed by atoms with Crippen LogP contribution in [0, 0.1) is 5.92 Å². The molecular formula is C13H16N2O3. The first-order valence-corrected chi connectivity index (χ1v) is 5.69. The van der Waals surface area contributed by atoms with Gasteiger partial charge in [0, 0.05) is 7.05 Å². The van der Waals surface area contributed by atoms with Crippen LogP contribution in [0.5, 0.6) is 5.75 Å². The number of hydrogen-bond donors (Lipinski definition) is 1. The Kier molecular flexibility index (Phi) is 3.23. The summed E-state index contributed by atoms with van der Waals surface area (Å²) in [5, 5.41) is 15.2. The maximum absolute atomic E-state index is 11.3. The van der Waals surface area contributed by atoms with Crippen LogP contribution in [0.25, 0.3) is 0 Å². The summed E-state index contributed by atoms with van der Waals surface area (Å²) in [6, 6.07) is 7.16. The Hall–Kier alpha value is -2.04. The van der Waals surface area contributed by atoms with E-state index in [9.17, 15) is 9.90 Å². The van der Waals surface area contributed by atoms with Gasteiger partial charge in [-0.2, -0.15) is 5.10 Å². The van der Waals surface area contributed by atoms with Crippen molar-refractivity contribution in [2.45, 2.75) is 13.0 Å². The molecule has 1 heterocycles. The molecule has 5 nitrogen and oxygen atoms in total. The van der Waals surface area contributed by atoms with Crippen molar-refractivity contribution in [3.63, 3.8) is 0 Å². The van der Waals surface area contributed by atoms with Gasteiger partial charge in [0.2, 0.25) is 0 Å². The third-order valence-electron chi connectivity index (χ3n) is 3.21. The third kappa shape index (κ3) is 2.03. The lowest BCUT2D eigenvalue weighted by molar-refractivity contribution is -0.140. The van der Waals surface area contributed by atoms with Gasteiger partial charge in [-0.15, -0.1) is 0 Å². The maximum Gasteiger partial charge on any atom is 0.314 e. The average Bonchev–Trinajstić information content (AvgIpc) is 2.64. The van der Waals surface area contributed by atoms with E-state index in [1.807, 2.05) is 24.3 Å². The maximum atomic E-state index is 11.3. The fourth-order valence-corrected chi connectivity index (χ4v) is 2.34. The van der Waals surface area contributed by atoms with Crippen LogP contribution in [0.4, 0.5) is 0 Å². The number of nitrogens with zero attached hydrogens (tertiary/aromatic N) is 2. The first-order chi connectivity index (χ1) is 8.54. The van der Waals surface area contributed by atoms with E-state index in [1.165, 1.54) is 0 Å². The Bertz CT molecular complexity index is 482. The number of carboxylic acids is 1. The molecule has 2 unspecified atom stereocenters. The summed E-state index contributed by atoms with van der Waals surface area (Å²) in [5.41, 5.74) is 1.55. The minimum absolute atomic E-state index is 0.256. The number of carbonyl (C=O) groups is 1. The van der Waals surface area contributed by atoms with Gasteiger partial charge in [-0.1, -0.05) is 12.1 Å². The first kappa shape index (κ1) is 12.4. The molecule has 0 amide bonds. The van der Waals surface area contributed by atoms with Gasteiger partial charge in [-0.3, -0.25) is 9.80 Å². The summed E-state index contributed by atoms with van der Waals surface area (Å²) in [6.45, 7) is 1.75. The van der Waals surface area contributed by atoms with Crippen molar-refractivity contribution < 1.29 is 14.6 Å². The second kappa shape index (κ2) is 4.68. The van der Waals surface area contributed by atoms with Crippen LogP contribution in [0.3, 0.4) is 0 Å². The summed E-state index contributed by atoms with van der Waals surface area (Å²) in [5.74, 6) is -0.686. The van der Waals surface area contributed by atoms with Crippen LogP contribution in [0.1, 0.15) is 18.5 Å². The van der Waals surface area contributed by atoms with E-state index < -0.39 is 11.9 Å². The summed E-state index contributed by atoms with van der Waals surface area (Å²) in [6.07, 6.45) is 0. The van der Waals surface area contributed by atoms with Crippen molar-refractivity contribution in [3.05, 3.63) is 29.8 Å². The predicted molar refractivity (Wildman–Crippen MR) is 67.7 cm³/mol. The minimum Gasteiger partial charge on any atom is -0.497 e. The standard InChI is InChI=1S/C13H16N2O3/c1-8-11(13(16)17)12(15(2)14-8)9-4-6-10(18-3)7-5-9/h4-7,11-12H,1-3H3,(H,16,17). The normalized spacial score (nSPS) is 22.8. The van der Waals surface area contributed by atoms with Crippen molar-refractivity contribution in [2.75, 3.05) is 14.2 Å². The third-order valence-corrected chi connectivity index (χ3v) is 3.21. The van der Waals surface area contributed by atoms with E-state index in [0.29, 0.717) is 5.71 Å². The minimum atomic E-state index is -0.846. The van der Waals surface area contributed by atoms with Gasteiger partial charge in [0.1, 0.15) is 11.7 Å². The van der Waals surface area contributed by atoms with Crippen molar-refractivity contribution >= 4 is 11.7 Å². The molecule has 0 spiro atoms. The van der Waals surface area contributed by atoms with Crippen LogP contribution in [-0.2, 0) is 4.79 Å². The molecule has 1 aromatic carbocycles. The van der Waals surface area contributed by atoms with Crippen LogP contribution >= 0.6 is 0 Å². The van der Waals surface area contributed by atoms with E-state index >= 15 is 0 Å². The van der Waals surface area contributed by atoms with E-state index in [4.69, 9.17) is 4.74 Å². The zero-order valence-electron chi connectivity index (χ0n) is 10.6. The SMILES string of the molecule is COc1ccc(C2C(C(=O)O)C(C)=NN2C)cc1. The van der Waals surface area contributed by atoms with Gasteiger partial charge in [-0.25, -0.2) is 0 Å². The van der Waals surface area contributed by atoms with E-state index in [2.05, 4.69) is 5.10 Å². The zero-order chi connectivity index (χ0) is 13.3. The van der Waals surface area contributed by atoms with Crippen molar-refractivity contribution in [3.8, 4) is 5.75 Å². The number of methoxy groups -OCH3 is 1. The van der Waals surface area contributed by atoms with Gasteiger partial charge in [0.25, 0.3) is 0 Å². The van der Waals surface area contributed by atoms with Crippen LogP contribution in [0.2, 0.25) is 0 Å². The van der Waals surface area contributed by atoms with Crippen molar-refractivity contribution in [2.24, 2.45) is 11.0 Å². The van der Waals surface area contributed by atoms with Crippen LogP contribution < -0.4 is 4.74 Å². The number of carboxylic acid groups (broad SMARTS) is 1.